The highest BCUT2D eigenvalue weighted by Gasteiger charge is 2.33. The molecule has 1 fully saturated rings. The van der Waals surface area contributed by atoms with Crippen molar-refractivity contribution < 1.29 is 22.9 Å². The molecule has 0 spiro atoms. The van der Waals surface area contributed by atoms with Gasteiger partial charge in [0.2, 0.25) is 11.8 Å². The van der Waals surface area contributed by atoms with Crippen LogP contribution in [0, 0.1) is 17.0 Å². The van der Waals surface area contributed by atoms with Gasteiger partial charge in [0, 0.05) is 24.7 Å². The SMILES string of the molecule is Cc1cccc(CN(C(=O)CN(c2ccc([N+](=O)[O-])cc2)S(=O)(=O)c2ccccc2)C(C)C(=O)NC2CCCC2)c1. The number of carbonyl (C=O) groups is 2. The Kier molecular flexibility index (Phi) is 9.38. The molecule has 0 saturated heterocycles. The average Bonchev–Trinajstić information content (AvgIpc) is 3.47. The summed E-state index contributed by atoms with van der Waals surface area (Å²) in [5.74, 6) is -0.885. The zero-order valence-corrected chi connectivity index (χ0v) is 23.9. The fourth-order valence-electron chi connectivity index (χ4n) is 4.97. The molecule has 1 aliphatic rings. The smallest absolute Gasteiger partial charge is 0.269 e. The Bertz CT molecular complexity index is 1490. The van der Waals surface area contributed by atoms with Crippen LogP contribution in [0.25, 0.3) is 0 Å². The number of sulfonamides is 1. The molecule has 3 aromatic carbocycles. The Morgan fingerprint density at radius 3 is 2.27 bits per heavy atom. The molecule has 3 aromatic rings. The van der Waals surface area contributed by atoms with E-state index >= 15 is 0 Å². The summed E-state index contributed by atoms with van der Waals surface area (Å²) in [7, 11) is -4.24. The highest BCUT2D eigenvalue weighted by Crippen LogP contribution is 2.27. The van der Waals surface area contributed by atoms with E-state index in [2.05, 4.69) is 5.32 Å². The van der Waals surface area contributed by atoms with Gasteiger partial charge in [0.1, 0.15) is 12.6 Å². The number of nitrogens with zero attached hydrogens (tertiary/aromatic N) is 3. The van der Waals surface area contributed by atoms with Gasteiger partial charge in [-0.2, -0.15) is 0 Å². The van der Waals surface area contributed by atoms with Crippen LogP contribution < -0.4 is 9.62 Å². The van der Waals surface area contributed by atoms with Gasteiger partial charge in [0.25, 0.3) is 15.7 Å². The molecule has 1 N–H and O–H groups in total. The molecular weight excluding hydrogens is 544 g/mol. The zero-order chi connectivity index (χ0) is 29.6. The van der Waals surface area contributed by atoms with Gasteiger partial charge in [-0.05, 0) is 56.5 Å². The number of carbonyl (C=O) groups excluding carboxylic acids is 2. The molecule has 10 nitrogen and oxygen atoms in total. The Balaban J connectivity index is 1.69. The molecule has 4 rings (SSSR count). The summed E-state index contributed by atoms with van der Waals surface area (Å²) in [4.78, 5) is 39.2. The third-order valence-corrected chi connectivity index (χ3v) is 9.05. The third-order valence-electron chi connectivity index (χ3n) is 7.26. The second-order valence-corrected chi connectivity index (χ2v) is 12.1. The molecule has 0 radical (unpaired) electrons. The van der Waals surface area contributed by atoms with Crippen molar-refractivity contribution in [2.24, 2.45) is 0 Å². The first-order valence-electron chi connectivity index (χ1n) is 13.5. The van der Waals surface area contributed by atoms with Gasteiger partial charge in [0.05, 0.1) is 15.5 Å². The van der Waals surface area contributed by atoms with E-state index in [4.69, 9.17) is 0 Å². The van der Waals surface area contributed by atoms with Crippen molar-refractivity contribution in [2.45, 2.75) is 63.1 Å². The predicted molar refractivity (Wildman–Crippen MR) is 156 cm³/mol. The standard InChI is InChI=1S/C30H34N4O6S/c1-22-9-8-10-24(19-22)20-32(23(2)30(36)31-25-11-6-7-12-25)29(35)21-33(26-15-17-27(18-16-26)34(37)38)41(39,40)28-13-4-3-5-14-28/h3-5,8-10,13-19,23,25H,6-7,11-12,20-21H2,1-2H3,(H,31,36). The number of non-ortho nitro benzene ring substituents is 1. The van der Waals surface area contributed by atoms with Crippen molar-refractivity contribution in [1.82, 2.24) is 10.2 Å². The van der Waals surface area contributed by atoms with Crippen molar-refractivity contribution in [3.05, 3.63) is 100 Å². The lowest BCUT2D eigenvalue weighted by molar-refractivity contribution is -0.384. The molecule has 0 aliphatic heterocycles. The molecule has 1 atom stereocenters. The molecule has 0 aromatic heterocycles. The van der Waals surface area contributed by atoms with Crippen LogP contribution in [-0.4, -0.2) is 48.7 Å². The number of nitro groups is 1. The van der Waals surface area contributed by atoms with Crippen molar-refractivity contribution in [1.29, 1.82) is 0 Å². The van der Waals surface area contributed by atoms with E-state index in [0.29, 0.717) is 0 Å². The van der Waals surface area contributed by atoms with E-state index in [1.165, 1.54) is 41.3 Å². The Labute approximate surface area is 240 Å². The first kappa shape index (κ1) is 29.7. The topological polar surface area (TPSA) is 130 Å². The van der Waals surface area contributed by atoms with Crippen LogP contribution in [0.3, 0.4) is 0 Å². The normalized spacial score (nSPS) is 14.3. The second kappa shape index (κ2) is 12.9. The number of anilines is 1. The van der Waals surface area contributed by atoms with Gasteiger partial charge in [0.15, 0.2) is 0 Å². The number of benzene rings is 3. The van der Waals surface area contributed by atoms with E-state index in [1.54, 1.807) is 25.1 Å². The van der Waals surface area contributed by atoms with Gasteiger partial charge >= 0.3 is 0 Å². The number of amides is 2. The quantitative estimate of drug-likeness (QED) is 0.262. The maximum absolute atomic E-state index is 14.0. The van der Waals surface area contributed by atoms with Crippen LogP contribution >= 0.6 is 0 Å². The van der Waals surface area contributed by atoms with E-state index < -0.39 is 33.4 Å². The highest BCUT2D eigenvalue weighted by molar-refractivity contribution is 7.92. The molecule has 41 heavy (non-hydrogen) atoms. The van der Waals surface area contributed by atoms with Crippen LogP contribution in [0.5, 0.6) is 0 Å². The van der Waals surface area contributed by atoms with Gasteiger partial charge in [-0.15, -0.1) is 0 Å². The van der Waals surface area contributed by atoms with Crippen LogP contribution in [0.15, 0.2) is 83.8 Å². The number of hydrogen-bond donors (Lipinski definition) is 1. The summed E-state index contributed by atoms with van der Waals surface area (Å²) in [5, 5.41) is 14.2. The fraction of sp³-hybridized carbons (Fsp3) is 0.333. The number of aryl methyl sites for hydroxylation is 1. The number of nitro benzene ring substituents is 1. The molecule has 1 aliphatic carbocycles. The second-order valence-electron chi connectivity index (χ2n) is 10.3. The van der Waals surface area contributed by atoms with E-state index in [-0.39, 0.29) is 34.8 Å². The monoisotopic (exact) mass is 578 g/mol. The molecule has 1 unspecified atom stereocenters. The summed E-state index contributed by atoms with van der Waals surface area (Å²) < 4.78 is 28.5. The van der Waals surface area contributed by atoms with E-state index in [1.807, 2.05) is 31.2 Å². The summed E-state index contributed by atoms with van der Waals surface area (Å²) in [5.41, 5.74) is 1.66. The first-order chi connectivity index (χ1) is 19.6. The number of nitrogens with one attached hydrogen (secondary N) is 1. The van der Waals surface area contributed by atoms with Gasteiger partial charge < -0.3 is 10.2 Å². The molecule has 0 bridgehead atoms. The van der Waals surface area contributed by atoms with Gasteiger partial charge in [-0.25, -0.2) is 8.42 Å². The molecule has 0 heterocycles. The summed E-state index contributed by atoms with van der Waals surface area (Å²) in [6.45, 7) is 3.05. The summed E-state index contributed by atoms with van der Waals surface area (Å²) in [6, 6.07) is 19.4. The van der Waals surface area contributed by atoms with Crippen LogP contribution in [0.1, 0.15) is 43.7 Å². The lowest BCUT2D eigenvalue weighted by Crippen LogP contribution is -2.52. The van der Waals surface area contributed by atoms with Gasteiger partial charge in [-0.1, -0.05) is 60.9 Å². The lowest BCUT2D eigenvalue weighted by Gasteiger charge is -2.32. The minimum atomic E-state index is -4.24. The molecular formula is C30H34N4O6S. The summed E-state index contributed by atoms with van der Waals surface area (Å²) >= 11 is 0. The lowest BCUT2D eigenvalue weighted by atomic mass is 10.1. The summed E-state index contributed by atoms with van der Waals surface area (Å²) in [6.07, 6.45) is 3.83. The average molecular weight is 579 g/mol. The fourth-order valence-corrected chi connectivity index (χ4v) is 6.41. The van der Waals surface area contributed by atoms with Gasteiger partial charge in [-0.3, -0.25) is 24.0 Å². The largest absolute Gasteiger partial charge is 0.352 e. The Hall–Kier alpha value is -4.25. The molecule has 1 saturated carbocycles. The van der Waals surface area contributed by atoms with Crippen LogP contribution in [0.4, 0.5) is 11.4 Å². The van der Waals surface area contributed by atoms with Crippen LogP contribution in [0.2, 0.25) is 0 Å². The Morgan fingerprint density at radius 2 is 1.66 bits per heavy atom. The molecule has 216 valence electrons. The highest BCUT2D eigenvalue weighted by atomic mass is 32.2. The third kappa shape index (κ3) is 7.29. The maximum atomic E-state index is 14.0. The predicted octanol–water partition coefficient (Wildman–Crippen LogP) is 4.57. The Morgan fingerprint density at radius 1 is 1.00 bits per heavy atom. The van der Waals surface area contributed by atoms with E-state index in [0.717, 1.165) is 41.1 Å². The molecule has 2 amide bonds. The number of hydrogen-bond acceptors (Lipinski definition) is 6. The van der Waals surface area contributed by atoms with Crippen molar-refractivity contribution in [2.75, 3.05) is 10.8 Å². The minimum Gasteiger partial charge on any atom is -0.352 e. The maximum Gasteiger partial charge on any atom is 0.269 e. The van der Waals surface area contributed by atoms with Crippen molar-refractivity contribution >= 4 is 33.2 Å². The van der Waals surface area contributed by atoms with E-state index in [9.17, 15) is 28.1 Å². The van der Waals surface area contributed by atoms with Crippen molar-refractivity contribution in [3.8, 4) is 0 Å². The van der Waals surface area contributed by atoms with Crippen LogP contribution in [-0.2, 0) is 26.2 Å². The molecule has 11 heteroatoms. The minimum absolute atomic E-state index is 0.0385. The van der Waals surface area contributed by atoms with Crippen molar-refractivity contribution in [3.63, 3.8) is 0 Å². The zero-order valence-electron chi connectivity index (χ0n) is 23.1. The number of rotatable bonds is 11. The first-order valence-corrected chi connectivity index (χ1v) is 15.0.